The second-order valence-corrected chi connectivity index (χ2v) is 1.61. The summed E-state index contributed by atoms with van der Waals surface area (Å²) in [7, 11) is 0. The monoisotopic (exact) mass is 228 g/mol. The second kappa shape index (κ2) is 6.08. The Bertz CT molecular complexity index is 240. The van der Waals surface area contributed by atoms with Gasteiger partial charge in [-0.15, -0.1) is 0 Å². The second-order valence-electron chi connectivity index (χ2n) is 1.31. The van der Waals surface area contributed by atoms with Crippen LogP contribution >= 0.6 is 23.6 Å². The Hall–Kier alpha value is -1.48. The third kappa shape index (κ3) is 4.87. The summed E-state index contributed by atoms with van der Waals surface area (Å²) >= 11 is 9.52. The molecule has 2 amide bonds. The lowest BCUT2D eigenvalue weighted by Crippen LogP contribution is -2.26. The zero-order valence-electron chi connectivity index (χ0n) is 5.79. The maximum Gasteiger partial charge on any atom is 0.464 e. The van der Waals surface area contributed by atoms with Gasteiger partial charge in [0.2, 0.25) is 0 Å². The molecule has 0 aromatic heterocycles. The molecule has 0 aliphatic carbocycles. The topological polar surface area (TPSA) is 122 Å². The molecule has 9 nitrogen and oxygen atoms in total. The van der Waals surface area contributed by atoms with E-state index in [1.807, 2.05) is 0 Å². The summed E-state index contributed by atoms with van der Waals surface area (Å²) in [6, 6.07) is 0. The highest BCUT2D eigenvalue weighted by molar-refractivity contribution is 6.14. The van der Waals surface area contributed by atoms with Crippen LogP contribution < -0.4 is 5.73 Å². The van der Waals surface area contributed by atoms with Crippen molar-refractivity contribution in [3.8, 4) is 0 Å². The summed E-state index contributed by atoms with van der Waals surface area (Å²) < 4.78 is 9.10. The zero-order chi connectivity index (χ0) is 10.3. The fourth-order valence-corrected chi connectivity index (χ4v) is 0.410. The molecule has 0 atom stereocenters. The quantitative estimate of drug-likeness (QED) is 0.438. The van der Waals surface area contributed by atoms with Crippen LogP contribution in [-0.2, 0) is 4.74 Å². The van der Waals surface area contributed by atoms with E-state index in [1.165, 1.54) is 0 Å². The minimum Gasteiger partial charge on any atom is -0.357 e. The van der Waals surface area contributed by atoms with Gasteiger partial charge >= 0.3 is 12.2 Å². The first-order valence-electron chi connectivity index (χ1n) is 2.47. The van der Waals surface area contributed by atoms with Crippen molar-refractivity contribution >= 4 is 35.7 Å². The van der Waals surface area contributed by atoms with E-state index in [-0.39, 0.29) is 5.12 Å². The third-order valence-electron chi connectivity index (χ3n) is 0.588. The van der Waals surface area contributed by atoms with E-state index in [2.05, 4.69) is 30.2 Å². The maximum atomic E-state index is 10.7. The predicted molar refractivity (Wildman–Crippen MR) is 39.3 cm³/mol. The fraction of sp³-hybridized carbons (Fsp3) is 0. The molecule has 0 heterocycles. The smallest absolute Gasteiger partial charge is 0.357 e. The van der Waals surface area contributed by atoms with E-state index in [4.69, 9.17) is 23.6 Å². The van der Waals surface area contributed by atoms with E-state index in [1.54, 1.807) is 0 Å². The number of halogens is 2. The lowest BCUT2D eigenvalue weighted by molar-refractivity contribution is 0.120. The number of hydrogen-bond donors (Lipinski definition) is 1. The molecule has 0 bridgehead atoms. The van der Waals surface area contributed by atoms with Crippen molar-refractivity contribution in [2.75, 3.05) is 0 Å². The number of amides is 2. The van der Waals surface area contributed by atoms with Crippen LogP contribution in [0.25, 0.3) is 0 Å². The van der Waals surface area contributed by atoms with E-state index >= 15 is 0 Å². The molecule has 72 valence electrons. The lowest BCUT2D eigenvalue weighted by atomic mass is 11.1. The van der Waals surface area contributed by atoms with Gasteiger partial charge in [-0.2, -0.15) is 0 Å². The molecular formula is C2H2Cl2N6O3. The van der Waals surface area contributed by atoms with Gasteiger partial charge in [-0.05, 0) is 15.6 Å². The van der Waals surface area contributed by atoms with Crippen molar-refractivity contribution in [1.29, 1.82) is 0 Å². The first-order valence-corrected chi connectivity index (χ1v) is 3.14. The Morgan fingerprint density at radius 3 is 2.00 bits per heavy atom. The lowest BCUT2D eigenvalue weighted by Gasteiger charge is -2.03. The highest BCUT2D eigenvalue weighted by atomic mass is 35.5. The highest BCUT2D eigenvalue weighted by Gasteiger charge is 2.17. The minimum atomic E-state index is -1.35. The van der Waals surface area contributed by atoms with E-state index in [0.717, 1.165) is 0 Å². The van der Waals surface area contributed by atoms with Crippen LogP contribution in [-0.4, -0.2) is 17.3 Å². The van der Waals surface area contributed by atoms with Gasteiger partial charge in [-0.3, -0.25) is 0 Å². The number of hydrogen-bond acceptors (Lipinski definition) is 7. The Morgan fingerprint density at radius 2 is 1.69 bits per heavy atom. The molecular weight excluding hydrogens is 227 g/mol. The van der Waals surface area contributed by atoms with Crippen molar-refractivity contribution in [2.45, 2.75) is 0 Å². The minimum absolute atomic E-state index is 0.116. The molecule has 0 unspecified atom stereocenters. The number of carbonyl (C=O) groups excluding carboxylic acids is 2. The largest absolute Gasteiger partial charge is 0.464 e. The standard InChI is InChI=1S/C2H2Cl2N6O3/c3-6-8-10(9-7-4)2(12)13-1(5)11/h(H2,5,11)/b8-6+,9-7+. The number of primary amides is 1. The normalized spacial score (nSPS) is 10.6. The molecule has 0 aromatic rings. The van der Waals surface area contributed by atoms with Crippen molar-refractivity contribution in [1.82, 2.24) is 5.12 Å². The average molecular weight is 229 g/mol. The molecule has 0 saturated carbocycles. The number of nitrogens with zero attached hydrogens (tertiary/aromatic N) is 5. The molecule has 2 N–H and O–H groups in total. The predicted octanol–water partition coefficient (Wildman–Crippen LogP) is 1.55. The van der Waals surface area contributed by atoms with Crippen LogP contribution in [0, 0.1) is 0 Å². The van der Waals surface area contributed by atoms with Gasteiger partial charge in [0, 0.05) is 0 Å². The van der Waals surface area contributed by atoms with Crippen LogP contribution in [0.2, 0.25) is 0 Å². The summed E-state index contributed by atoms with van der Waals surface area (Å²) in [4.78, 5) is 20.8. The summed E-state index contributed by atoms with van der Waals surface area (Å²) in [5, 5.41) is 5.84. The van der Waals surface area contributed by atoms with Gasteiger partial charge in [-0.1, -0.05) is 9.27 Å². The summed E-state index contributed by atoms with van der Waals surface area (Å²) in [6.45, 7) is 0. The molecule has 0 aliphatic heterocycles. The molecule has 0 radical (unpaired) electrons. The molecule has 0 saturated heterocycles. The Labute approximate surface area is 81.3 Å². The van der Waals surface area contributed by atoms with Crippen LogP contribution in [0.3, 0.4) is 0 Å². The van der Waals surface area contributed by atoms with E-state index in [0.29, 0.717) is 0 Å². The SMILES string of the molecule is NC(=O)OC(=O)N(/N=N/Cl)/N=N/Cl. The van der Waals surface area contributed by atoms with Gasteiger partial charge in [0.15, 0.2) is 0 Å². The molecule has 0 aliphatic rings. The van der Waals surface area contributed by atoms with Crippen molar-refractivity contribution in [2.24, 2.45) is 25.4 Å². The van der Waals surface area contributed by atoms with Crippen molar-refractivity contribution in [3.05, 3.63) is 0 Å². The number of carbonyl (C=O) groups is 2. The van der Waals surface area contributed by atoms with Crippen LogP contribution in [0.4, 0.5) is 9.59 Å². The molecule has 0 spiro atoms. The molecule has 13 heavy (non-hydrogen) atoms. The van der Waals surface area contributed by atoms with Crippen molar-refractivity contribution in [3.63, 3.8) is 0 Å². The molecule has 11 heteroatoms. The number of nitrogens with two attached hydrogens (primary N) is 1. The Kier molecular flexibility index (Phi) is 5.39. The van der Waals surface area contributed by atoms with E-state index in [9.17, 15) is 9.59 Å². The third-order valence-corrected chi connectivity index (χ3v) is 0.723. The zero-order valence-corrected chi connectivity index (χ0v) is 7.31. The molecule has 0 fully saturated rings. The summed E-state index contributed by atoms with van der Waals surface area (Å²) in [5.74, 6) is 0. The summed E-state index contributed by atoms with van der Waals surface area (Å²) in [5.41, 5.74) is 4.50. The molecule has 0 aromatic carbocycles. The van der Waals surface area contributed by atoms with Crippen LogP contribution in [0.5, 0.6) is 0 Å². The molecule has 0 rings (SSSR count). The van der Waals surface area contributed by atoms with Gasteiger partial charge in [0.25, 0.3) is 0 Å². The van der Waals surface area contributed by atoms with E-state index < -0.39 is 12.2 Å². The van der Waals surface area contributed by atoms with Crippen molar-refractivity contribution < 1.29 is 14.3 Å². The Balaban J connectivity index is 4.36. The van der Waals surface area contributed by atoms with Crippen LogP contribution in [0.15, 0.2) is 19.7 Å². The van der Waals surface area contributed by atoms with Gasteiger partial charge < -0.3 is 10.5 Å². The van der Waals surface area contributed by atoms with Gasteiger partial charge in [0.1, 0.15) is 0 Å². The number of rotatable bonds is 2. The van der Waals surface area contributed by atoms with Gasteiger partial charge in [-0.25, -0.2) is 9.59 Å². The first-order chi connectivity index (χ1) is 6.11. The fourth-order valence-electron chi connectivity index (χ4n) is 0.282. The van der Waals surface area contributed by atoms with Crippen LogP contribution in [0.1, 0.15) is 0 Å². The first kappa shape index (κ1) is 11.5. The summed E-state index contributed by atoms with van der Waals surface area (Å²) in [6.07, 6.45) is -2.69. The average Bonchev–Trinajstić information content (AvgIpc) is 2.02. The van der Waals surface area contributed by atoms with Gasteiger partial charge in [0.05, 0.1) is 23.6 Å². The highest BCUT2D eigenvalue weighted by Crippen LogP contribution is 2.00. The Morgan fingerprint density at radius 1 is 1.23 bits per heavy atom. The maximum absolute atomic E-state index is 10.7. The number of ether oxygens (including phenoxy) is 1.